The number of benzene rings is 1. The second-order valence-electron chi connectivity index (χ2n) is 7.75. The van der Waals surface area contributed by atoms with Gasteiger partial charge < -0.3 is 9.32 Å². The number of hydrogen-bond donors (Lipinski definition) is 1. The van der Waals surface area contributed by atoms with E-state index in [0.717, 1.165) is 54.7 Å². The predicted molar refractivity (Wildman–Crippen MR) is 110 cm³/mol. The van der Waals surface area contributed by atoms with Crippen molar-refractivity contribution in [2.45, 2.75) is 32.2 Å². The zero-order valence-electron chi connectivity index (χ0n) is 17.0. The van der Waals surface area contributed by atoms with Gasteiger partial charge in [-0.25, -0.2) is 4.98 Å². The summed E-state index contributed by atoms with van der Waals surface area (Å²) < 4.78 is 5.58. The lowest BCUT2D eigenvalue weighted by atomic mass is 9.97. The molecule has 0 aliphatic carbocycles. The van der Waals surface area contributed by atoms with Crippen molar-refractivity contribution < 1.29 is 9.21 Å². The standard InChI is InChI=1S/C22H27N5O2/c1-16-10-11-19(29-16)14-26(2)20(28)15-27-12-6-9-18(13-27)22-23-21(24-25-22)17-7-4-3-5-8-17/h3-5,7-8,10-11,18H,6,9,12-15H2,1-2H3,(H,23,24,25)/t18-/m1/s1. The monoisotopic (exact) mass is 393 g/mol. The van der Waals surface area contributed by atoms with Crippen molar-refractivity contribution in [3.63, 3.8) is 0 Å². The molecule has 1 atom stereocenters. The first-order chi connectivity index (χ1) is 14.1. The molecule has 3 aromatic rings. The highest BCUT2D eigenvalue weighted by Gasteiger charge is 2.26. The van der Waals surface area contributed by atoms with Crippen molar-refractivity contribution in [1.82, 2.24) is 25.0 Å². The Labute approximate surface area is 170 Å². The molecule has 1 N–H and O–H groups in total. The maximum Gasteiger partial charge on any atom is 0.236 e. The summed E-state index contributed by atoms with van der Waals surface area (Å²) in [4.78, 5) is 21.3. The summed E-state index contributed by atoms with van der Waals surface area (Å²) in [7, 11) is 1.82. The van der Waals surface area contributed by atoms with Gasteiger partial charge in [-0.3, -0.25) is 14.8 Å². The average Bonchev–Trinajstić information content (AvgIpc) is 3.38. The van der Waals surface area contributed by atoms with Crippen LogP contribution in [0.15, 0.2) is 46.9 Å². The van der Waals surface area contributed by atoms with Crippen LogP contribution in [0.3, 0.4) is 0 Å². The molecule has 0 spiro atoms. The summed E-state index contributed by atoms with van der Waals surface area (Å²) >= 11 is 0. The van der Waals surface area contributed by atoms with E-state index in [1.165, 1.54) is 0 Å². The Hall–Kier alpha value is -2.93. The predicted octanol–water partition coefficient (Wildman–Crippen LogP) is 3.21. The highest BCUT2D eigenvalue weighted by atomic mass is 16.3. The van der Waals surface area contributed by atoms with Gasteiger partial charge in [0.15, 0.2) is 5.82 Å². The highest BCUT2D eigenvalue weighted by Crippen LogP contribution is 2.26. The van der Waals surface area contributed by atoms with Crippen LogP contribution >= 0.6 is 0 Å². The summed E-state index contributed by atoms with van der Waals surface area (Å²) in [5.74, 6) is 3.66. The van der Waals surface area contributed by atoms with Crippen molar-refractivity contribution in [2.75, 3.05) is 26.7 Å². The summed E-state index contributed by atoms with van der Waals surface area (Å²) in [6.07, 6.45) is 2.09. The lowest BCUT2D eigenvalue weighted by molar-refractivity contribution is -0.132. The normalized spacial score (nSPS) is 17.4. The molecule has 29 heavy (non-hydrogen) atoms. The number of H-pyrrole nitrogens is 1. The first kappa shape index (κ1) is 19.4. The van der Waals surface area contributed by atoms with Crippen LogP contribution in [0, 0.1) is 6.92 Å². The molecule has 1 aliphatic rings. The van der Waals surface area contributed by atoms with Crippen LogP contribution in [0.4, 0.5) is 0 Å². The average molecular weight is 393 g/mol. The lowest BCUT2D eigenvalue weighted by Crippen LogP contribution is -2.42. The number of likely N-dealkylation sites (N-methyl/N-ethyl adjacent to an activating group) is 1. The van der Waals surface area contributed by atoms with Crippen molar-refractivity contribution >= 4 is 5.91 Å². The maximum absolute atomic E-state index is 12.7. The minimum Gasteiger partial charge on any atom is -0.464 e. The molecular formula is C22H27N5O2. The zero-order chi connectivity index (χ0) is 20.2. The second-order valence-corrected chi connectivity index (χ2v) is 7.75. The van der Waals surface area contributed by atoms with E-state index < -0.39 is 0 Å². The molecule has 0 unspecified atom stereocenters. The number of rotatable bonds is 6. The Kier molecular flexibility index (Phi) is 5.76. The van der Waals surface area contributed by atoms with Crippen LogP contribution in [-0.2, 0) is 11.3 Å². The molecule has 0 radical (unpaired) electrons. The van der Waals surface area contributed by atoms with Gasteiger partial charge in [0.1, 0.15) is 17.3 Å². The third kappa shape index (κ3) is 4.74. The van der Waals surface area contributed by atoms with Gasteiger partial charge in [0.05, 0.1) is 13.1 Å². The minimum absolute atomic E-state index is 0.0993. The summed E-state index contributed by atoms with van der Waals surface area (Å²) in [6, 6.07) is 13.8. The number of furan rings is 1. The molecule has 7 heteroatoms. The molecule has 7 nitrogen and oxygen atoms in total. The summed E-state index contributed by atoms with van der Waals surface area (Å²) in [5, 5.41) is 7.49. The van der Waals surface area contributed by atoms with E-state index in [9.17, 15) is 4.79 Å². The number of aromatic amines is 1. The summed E-state index contributed by atoms with van der Waals surface area (Å²) in [6.45, 7) is 4.54. The Balaban J connectivity index is 1.35. The molecule has 0 saturated carbocycles. The fourth-order valence-corrected chi connectivity index (χ4v) is 3.80. The van der Waals surface area contributed by atoms with E-state index in [0.29, 0.717) is 13.1 Å². The largest absolute Gasteiger partial charge is 0.464 e. The van der Waals surface area contributed by atoms with Gasteiger partial charge in [0, 0.05) is 25.1 Å². The van der Waals surface area contributed by atoms with Gasteiger partial charge in [-0.05, 0) is 38.4 Å². The number of likely N-dealkylation sites (tertiary alicyclic amines) is 1. The van der Waals surface area contributed by atoms with E-state index in [4.69, 9.17) is 9.40 Å². The first-order valence-electron chi connectivity index (χ1n) is 10.1. The van der Waals surface area contributed by atoms with Crippen molar-refractivity contribution in [3.8, 4) is 11.4 Å². The van der Waals surface area contributed by atoms with Crippen LogP contribution < -0.4 is 0 Å². The van der Waals surface area contributed by atoms with Crippen molar-refractivity contribution in [1.29, 1.82) is 0 Å². The number of nitrogens with zero attached hydrogens (tertiary/aromatic N) is 4. The molecule has 1 saturated heterocycles. The summed E-state index contributed by atoms with van der Waals surface area (Å²) in [5.41, 5.74) is 1.01. The van der Waals surface area contributed by atoms with Gasteiger partial charge in [-0.15, -0.1) is 0 Å². The third-order valence-corrected chi connectivity index (χ3v) is 5.40. The van der Waals surface area contributed by atoms with E-state index in [1.807, 2.05) is 56.4 Å². The van der Waals surface area contributed by atoms with E-state index >= 15 is 0 Å². The number of carbonyl (C=O) groups is 1. The molecule has 1 aromatic carbocycles. The number of nitrogens with one attached hydrogen (secondary N) is 1. The van der Waals surface area contributed by atoms with E-state index in [1.54, 1.807) is 4.90 Å². The van der Waals surface area contributed by atoms with E-state index in [-0.39, 0.29) is 11.8 Å². The molecule has 2 aromatic heterocycles. The molecule has 0 bridgehead atoms. The number of amides is 1. The molecule has 4 rings (SSSR count). The Morgan fingerprint density at radius 2 is 2.10 bits per heavy atom. The molecule has 152 valence electrons. The number of aryl methyl sites for hydroxylation is 1. The molecule has 1 aliphatic heterocycles. The number of aromatic nitrogens is 3. The SMILES string of the molecule is Cc1ccc(CN(C)C(=O)CN2CCC[C@@H](c3nc(-c4ccccc4)n[nH]3)C2)o1. The fraction of sp³-hybridized carbons (Fsp3) is 0.409. The van der Waals surface area contributed by atoms with Crippen LogP contribution in [0.25, 0.3) is 11.4 Å². The van der Waals surface area contributed by atoms with Gasteiger partial charge in [-0.2, -0.15) is 5.10 Å². The molecule has 3 heterocycles. The topological polar surface area (TPSA) is 78.3 Å². The Morgan fingerprint density at radius 3 is 2.86 bits per heavy atom. The van der Waals surface area contributed by atoms with Crippen LogP contribution in [-0.4, -0.2) is 57.6 Å². The Morgan fingerprint density at radius 1 is 1.28 bits per heavy atom. The minimum atomic E-state index is 0.0993. The second kappa shape index (κ2) is 8.61. The van der Waals surface area contributed by atoms with Crippen molar-refractivity contribution in [3.05, 3.63) is 59.8 Å². The van der Waals surface area contributed by atoms with Gasteiger partial charge in [0.25, 0.3) is 0 Å². The van der Waals surface area contributed by atoms with E-state index in [2.05, 4.69) is 15.1 Å². The number of carbonyl (C=O) groups excluding carboxylic acids is 1. The number of hydrogen-bond acceptors (Lipinski definition) is 5. The third-order valence-electron chi connectivity index (χ3n) is 5.40. The van der Waals surface area contributed by atoms with Crippen LogP contribution in [0.2, 0.25) is 0 Å². The fourth-order valence-electron chi connectivity index (χ4n) is 3.80. The van der Waals surface area contributed by atoms with Gasteiger partial charge in [0.2, 0.25) is 5.91 Å². The zero-order valence-corrected chi connectivity index (χ0v) is 17.0. The highest BCUT2D eigenvalue weighted by molar-refractivity contribution is 5.78. The smallest absolute Gasteiger partial charge is 0.236 e. The molecule has 1 amide bonds. The van der Waals surface area contributed by atoms with Gasteiger partial charge in [-0.1, -0.05) is 30.3 Å². The number of piperidine rings is 1. The Bertz CT molecular complexity index is 949. The van der Waals surface area contributed by atoms with Gasteiger partial charge >= 0.3 is 0 Å². The quantitative estimate of drug-likeness (QED) is 0.696. The lowest BCUT2D eigenvalue weighted by Gasteiger charge is -2.32. The molecule has 1 fully saturated rings. The molecular weight excluding hydrogens is 366 g/mol. The van der Waals surface area contributed by atoms with Crippen LogP contribution in [0.1, 0.15) is 36.1 Å². The maximum atomic E-state index is 12.7. The first-order valence-corrected chi connectivity index (χ1v) is 10.1. The van der Waals surface area contributed by atoms with Crippen LogP contribution in [0.5, 0.6) is 0 Å². The van der Waals surface area contributed by atoms with Crippen molar-refractivity contribution in [2.24, 2.45) is 0 Å².